The molecule has 6 amide bonds. The number of ether oxygens (including phenoxy) is 7. The molecule has 0 unspecified atom stereocenters. The number of allylic oxidation sites excluding steroid dienone is 3. The van der Waals surface area contributed by atoms with Crippen LogP contribution in [0.25, 0.3) is 0 Å². The van der Waals surface area contributed by atoms with Crippen molar-refractivity contribution in [3.63, 3.8) is 0 Å². The fourth-order valence-electron chi connectivity index (χ4n) is 10.1. The first kappa shape index (κ1) is 66.7. The fourth-order valence-corrected chi connectivity index (χ4v) is 10.4. The van der Waals surface area contributed by atoms with Gasteiger partial charge >= 0.3 is 12.1 Å². The van der Waals surface area contributed by atoms with Crippen molar-refractivity contribution < 1.29 is 87.0 Å². The smallest absolute Gasteiger partial charge is 0.409 e. The Kier molecular flexibility index (Phi) is 23.6. The van der Waals surface area contributed by atoms with Gasteiger partial charge < -0.3 is 58.7 Å². The number of aliphatic hydroxyl groups is 3. The van der Waals surface area contributed by atoms with E-state index in [1.165, 1.54) is 36.2 Å². The van der Waals surface area contributed by atoms with Crippen molar-refractivity contribution in [2.45, 2.75) is 96.0 Å². The minimum Gasteiger partial charge on any atom is -0.458 e. The van der Waals surface area contributed by atoms with Gasteiger partial charge in [0.2, 0.25) is 11.8 Å². The zero-order valence-electron chi connectivity index (χ0n) is 48.8. The molecule has 7 rings (SSSR count). The predicted octanol–water partition coefficient (Wildman–Crippen LogP) is 4.37. The number of rotatable bonds is 25. The Hall–Kier alpha value is -7.79. The Morgan fingerprint density at radius 2 is 1.59 bits per heavy atom. The maximum absolute atomic E-state index is 14.3. The van der Waals surface area contributed by atoms with Gasteiger partial charge in [0.25, 0.3) is 23.4 Å². The maximum atomic E-state index is 14.3. The van der Waals surface area contributed by atoms with E-state index in [1.54, 1.807) is 75.4 Å². The molecule has 6 N–H and O–H groups in total. The van der Waals surface area contributed by atoms with Gasteiger partial charge in [0.05, 0.1) is 119 Å². The van der Waals surface area contributed by atoms with Crippen molar-refractivity contribution in [3.05, 3.63) is 134 Å². The molecule has 4 heterocycles. The van der Waals surface area contributed by atoms with Crippen LogP contribution in [0.1, 0.15) is 79.6 Å². The van der Waals surface area contributed by atoms with Crippen LogP contribution in [0.15, 0.2) is 95.7 Å². The number of nitro benzene ring substituents is 1. The number of imide groups is 1. The number of esters is 1. The average molecular weight is 1230 g/mol. The molecule has 4 aliphatic heterocycles. The van der Waals surface area contributed by atoms with E-state index >= 15 is 0 Å². The number of carbonyl (C=O) groups is 7. The van der Waals surface area contributed by atoms with E-state index in [4.69, 9.17) is 44.8 Å². The van der Waals surface area contributed by atoms with E-state index in [9.17, 15) is 59.0 Å². The summed E-state index contributed by atoms with van der Waals surface area (Å²) in [6, 6.07) is 13.5. The third-order valence-electron chi connectivity index (χ3n) is 15.1. The Balaban J connectivity index is 0.907. The van der Waals surface area contributed by atoms with Crippen LogP contribution in [0, 0.1) is 22.0 Å². The van der Waals surface area contributed by atoms with Gasteiger partial charge in [0, 0.05) is 49.2 Å². The lowest BCUT2D eigenvalue weighted by Crippen LogP contribution is -2.62. The van der Waals surface area contributed by atoms with Gasteiger partial charge in [-0.3, -0.25) is 49.1 Å². The number of epoxide rings is 1. The molecule has 87 heavy (non-hydrogen) atoms. The largest absolute Gasteiger partial charge is 0.458 e. The highest BCUT2D eigenvalue weighted by Crippen LogP contribution is 2.49. The SMILES string of the molecule is C/C1=C\C=C\[C@@H](CO)[C@@]2(O)C[C@H](OC(=O)N2)[C@@H](C)[C@@H]2O[C@@]2(C)[C@@H](OC(=O)Cc2ccc(/C(C)=N/NC(=O)c3ccc(NC(=O)CCOCCOCCOCCOCCN4C(=O)C=CC4=O)cc3[N+](=O)[O-])cc2)CC(=O)N(C)c2cc(cc(CO)c2Cl)C1. The summed E-state index contributed by atoms with van der Waals surface area (Å²) in [4.78, 5) is 104. The predicted molar refractivity (Wildman–Crippen MR) is 313 cm³/mol. The highest BCUT2D eigenvalue weighted by Gasteiger charge is 2.64. The van der Waals surface area contributed by atoms with Gasteiger partial charge in [-0.15, -0.1) is 0 Å². The highest BCUT2D eigenvalue weighted by molar-refractivity contribution is 6.34. The van der Waals surface area contributed by atoms with Crippen molar-refractivity contribution in [1.29, 1.82) is 0 Å². The Morgan fingerprint density at radius 3 is 2.23 bits per heavy atom. The highest BCUT2D eigenvalue weighted by atomic mass is 35.5. The third-order valence-corrected chi connectivity index (χ3v) is 15.6. The molecule has 468 valence electrons. The van der Waals surface area contributed by atoms with Gasteiger partial charge in [0.1, 0.15) is 23.4 Å². The molecular formula is C60H72ClN7O19. The molecule has 3 aromatic carbocycles. The zero-order valence-corrected chi connectivity index (χ0v) is 49.6. The number of hydrazone groups is 1. The number of nitrogens with zero attached hydrogens (tertiary/aromatic N) is 4. The summed E-state index contributed by atoms with van der Waals surface area (Å²) in [5.41, 5.74) is 1.79. The number of aliphatic hydroxyl groups excluding tert-OH is 2. The van der Waals surface area contributed by atoms with Gasteiger partial charge in [-0.25, -0.2) is 10.2 Å². The van der Waals surface area contributed by atoms with E-state index in [2.05, 4.69) is 21.2 Å². The molecule has 27 heteroatoms. The number of anilines is 2. The van der Waals surface area contributed by atoms with Gasteiger partial charge in [-0.1, -0.05) is 72.7 Å². The maximum Gasteiger partial charge on any atom is 0.409 e. The normalized spacial score (nSPS) is 24.1. The van der Waals surface area contributed by atoms with Crippen LogP contribution < -0.4 is 21.0 Å². The second kappa shape index (κ2) is 30.7. The monoisotopic (exact) mass is 1230 g/mol. The van der Waals surface area contributed by atoms with Crippen LogP contribution in [0.2, 0.25) is 5.02 Å². The lowest BCUT2D eigenvalue weighted by Gasteiger charge is -2.42. The van der Waals surface area contributed by atoms with E-state index in [0.717, 1.165) is 16.5 Å². The number of hydrogen-bond donors (Lipinski definition) is 6. The number of benzene rings is 3. The third kappa shape index (κ3) is 17.9. The van der Waals surface area contributed by atoms with Crippen LogP contribution in [-0.4, -0.2) is 175 Å². The molecule has 0 aromatic heterocycles. The quantitative estimate of drug-likeness (QED) is 0.0130. The van der Waals surface area contributed by atoms with E-state index in [0.29, 0.717) is 46.7 Å². The Labute approximate surface area is 506 Å². The summed E-state index contributed by atoms with van der Waals surface area (Å²) in [7, 11) is 1.52. The number of alkyl carbamates (subject to hydrolysis) is 1. The van der Waals surface area contributed by atoms with Crippen molar-refractivity contribution >= 4 is 76.0 Å². The first-order valence-electron chi connectivity index (χ1n) is 28.1. The second-order valence-electron chi connectivity index (χ2n) is 21.4. The number of halogens is 1. The minimum absolute atomic E-state index is 0.0315. The lowest BCUT2D eigenvalue weighted by atomic mass is 9.81. The number of nitro groups is 1. The van der Waals surface area contributed by atoms with Crippen molar-refractivity contribution in [3.8, 4) is 0 Å². The average Bonchev–Trinajstić information content (AvgIpc) is 1.72. The molecule has 0 aliphatic carbocycles. The molecule has 2 saturated heterocycles. The molecule has 4 aliphatic rings. The van der Waals surface area contributed by atoms with Gasteiger partial charge in [0.15, 0.2) is 5.72 Å². The van der Waals surface area contributed by atoms with Crippen molar-refractivity contribution in [2.75, 3.05) is 83.3 Å². The number of hydrogen-bond acceptors (Lipinski definition) is 20. The standard InChI is InChI=1S/C60H72ClN7O19/c1-36-7-6-8-43(35-70)60(78)33-48(85-58(77)63-60)37(2)56-59(4,87-56)49(32-53(74)66(5)47-29-40(27-36)28-42(34-69)55(47)61)86-54(75)30-39-9-11-41(12-10-39)38(3)64-65-57(76)45-14-13-44(31-46(45)68(79)80)62-50(71)17-19-81-21-23-83-25-26-84-24-22-82-20-18-67-51(72)15-16-52(67)73/h6-16,28-29,31,37,43,48-49,56,69-70,78H,17-27,30,32-35H2,1-5H3,(H,62,71)(H,63,77)(H,65,76)/b8-6+,36-7+,64-38+/t37-,43+,48+,49+,56+,59+,60+/m1/s1. The molecular weight excluding hydrogens is 1160 g/mol. The van der Waals surface area contributed by atoms with E-state index in [1.807, 2.05) is 6.92 Å². The fraction of sp³-hybridized carbons (Fsp3) is 0.467. The number of nitrogens with one attached hydrogen (secondary N) is 3. The molecule has 0 saturated carbocycles. The number of fused-ring (bicyclic) bond motifs is 5. The van der Waals surface area contributed by atoms with Crippen molar-refractivity contribution in [2.24, 2.45) is 16.9 Å². The molecule has 4 bridgehead atoms. The molecule has 2 fully saturated rings. The van der Waals surface area contributed by atoms with Gasteiger partial charge in [-0.2, -0.15) is 5.10 Å². The second-order valence-corrected chi connectivity index (χ2v) is 21.8. The number of amides is 6. The first-order valence-corrected chi connectivity index (χ1v) is 28.5. The van der Waals surface area contributed by atoms with Gasteiger partial charge in [-0.05, 0) is 67.6 Å². The summed E-state index contributed by atoms with van der Waals surface area (Å²) in [6.07, 6.45) is 3.13. The Bertz CT molecular complexity index is 3150. The summed E-state index contributed by atoms with van der Waals surface area (Å²) in [5, 5.41) is 53.9. The van der Waals surface area contributed by atoms with Crippen LogP contribution in [-0.2, 0) is 76.6 Å². The van der Waals surface area contributed by atoms with Crippen LogP contribution in [0.3, 0.4) is 0 Å². The van der Waals surface area contributed by atoms with Crippen LogP contribution in [0.5, 0.6) is 0 Å². The molecule has 26 nitrogen and oxygen atoms in total. The molecule has 0 spiro atoms. The van der Waals surface area contributed by atoms with Crippen LogP contribution >= 0.6 is 11.6 Å². The van der Waals surface area contributed by atoms with Crippen molar-refractivity contribution in [1.82, 2.24) is 15.6 Å². The minimum atomic E-state index is -1.92. The molecule has 0 radical (unpaired) electrons. The lowest BCUT2D eigenvalue weighted by molar-refractivity contribution is -0.385. The zero-order chi connectivity index (χ0) is 63.0. The van der Waals surface area contributed by atoms with E-state index in [-0.39, 0.29) is 100 Å². The van der Waals surface area contributed by atoms with Crippen LogP contribution in [0.4, 0.5) is 21.9 Å². The number of carbonyl (C=O) groups excluding carboxylic acids is 7. The topological polar surface area (TPSA) is 346 Å². The summed E-state index contributed by atoms with van der Waals surface area (Å²) in [5.74, 6) is -4.94. The summed E-state index contributed by atoms with van der Waals surface area (Å²) >= 11 is 6.78. The van der Waals surface area contributed by atoms with E-state index < -0.39 is 102 Å². The molecule has 7 atom stereocenters. The molecule has 3 aromatic rings. The summed E-state index contributed by atoms with van der Waals surface area (Å²) < 4.78 is 39.8. The summed E-state index contributed by atoms with van der Waals surface area (Å²) in [6.45, 7) is 7.85. The Morgan fingerprint density at radius 1 is 0.931 bits per heavy atom. The first-order chi connectivity index (χ1) is 41.5.